The molecule has 1 saturated heterocycles. The lowest BCUT2D eigenvalue weighted by atomic mass is 9.96. The molecule has 0 aromatic heterocycles. The zero-order chi connectivity index (χ0) is 14.2. The lowest BCUT2D eigenvalue weighted by Gasteiger charge is -2.39. The van der Waals surface area contributed by atoms with Crippen molar-refractivity contribution in [1.82, 2.24) is 10.2 Å². The number of carboxylic acid groups (broad SMARTS) is 1. The van der Waals surface area contributed by atoms with E-state index in [2.05, 4.69) is 33.4 Å². The van der Waals surface area contributed by atoms with Gasteiger partial charge >= 0.3 is 6.09 Å². The van der Waals surface area contributed by atoms with Gasteiger partial charge in [0.25, 0.3) is 0 Å². The molecule has 0 spiro atoms. The van der Waals surface area contributed by atoms with Gasteiger partial charge in [0, 0.05) is 17.2 Å². The second-order valence-corrected chi connectivity index (χ2v) is 7.01. The van der Waals surface area contributed by atoms with Gasteiger partial charge in [0.05, 0.1) is 6.04 Å². The first-order valence-corrected chi connectivity index (χ1v) is 8.17. The molecule has 2 atom stereocenters. The Morgan fingerprint density at radius 3 is 2.80 bits per heavy atom. The van der Waals surface area contributed by atoms with Gasteiger partial charge < -0.3 is 15.3 Å². The van der Waals surface area contributed by atoms with Gasteiger partial charge in [0.1, 0.15) is 4.87 Å². The summed E-state index contributed by atoms with van der Waals surface area (Å²) >= 11 is 5.10. The molecule has 4 nitrogen and oxygen atoms in total. The summed E-state index contributed by atoms with van der Waals surface area (Å²) in [5.74, 6) is 0. The molecule has 2 unspecified atom stereocenters. The first-order valence-electron chi connectivity index (χ1n) is 6.49. The first-order chi connectivity index (χ1) is 9.63. The van der Waals surface area contributed by atoms with Gasteiger partial charge in [0.15, 0.2) is 0 Å². The fourth-order valence-electron chi connectivity index (χ4n) is 2.97. The smallest absolute Gasteiger partial charge is 0.407 e. The van der Waals surface area contributed by atoms with Crippen LogP contribution in [0.4, 0.5) is 4.79 Å². The van der Waals surface area contributed by atoms with Crippen molar-refractivity contribution >= 4 is 33.8 Å². The quantitative estimate of drug-likeness (QED) is 0.852. The summed E-state index contributed by atoms with van der Waals surface area (Å²) in [4.78, 5) is 12.6. The molecule has 1 fully saturated rings. The summed E-state index contributed by atoms with van der Waals surface area (Å²) < 4.78 is 1.02. The van der Waals surface area contributed by atoms with Crippen molar-refractivity contribution in [1.29, 1.82) is 0 Å². The summed E-state index contributed by atoms with van der Waals surface area (Å²) in [7, 11) is 0. The van der Waals surface area contributed by atoms with Crippen molar-refractivity contribution in [2.24, 2.45) is 0 Å². The Balaban J connectivity index is 1.99. The Kier molecular flexibility index (Phi) is 3.69. The van der Waals surface area contributed by atoms with E-state index in [4.69, 9.17) is 0 Å². The molecule has 20 heavy (non-hydrogen) atoms. The van der Waals surface area contributed by atoms with Gasteiger partial charge in [-0.25, -0.2) is 4.79 Å². The zero-order valence-electron chi connectivity index (χ0n) is 10.8. The van der Waals surface area contributed by atoms with Crippen LogP contribution in [0.2, 0.25) is 0 Å². The molecule has 3 rings (SSSR count). The minimum atomic E-state index is -0.835. The van der Waals surface area contributed by atoms with E-state index in [-0.39, 0.29) is 6.04 Å². The molecule has 2 aliphatic heterocycles. The Morgan fingerprint density at radius 2 is 2.20 bits per heavy atom. The van der Waals surface area contributed by atoms with Crippen molar-refractivity contribution in [3.05, 3.63) is 45.9 Å². The van der Waals surface area contributed by atoms with Crippen molar-refractivity contribution in [2.75, 3.05) is 6.54 Å². The number of rotatable bonds is 2. The molecule has 0 bridgehead atoms. The number of nitrogens with zero attached hydrogens (tertiary/aromatic N) is 1. The number of thioether (sulfide) groups is 1. The molecule has 6 heteroatoms. The third-order valence-electron chi connectivity index (χ3n) is 3.86. The predicted octanol–water partition coefficient (Wildman–Crippen LogP) is 3.55. The second-order valence-electron chi connectivity index (χ2n) is 4.94. The van der Waals surface area contributed by atoms with Crippen LogP contribution in [0.15, 0.2) is 40.3 Å². The number of hydrogen-bond acceptors (Lipinski definition) is 3. The number of carbonyl (C=O) groups is 1. The number of hydrogen-bond donors (Lipinski definition) is 2. The Hall–Kier alpha value is -1.14. The molecule has 2 N–H and O–H groups in total. The van der Waals surface area contributed by atoms with E-state index in [0.29, 0.717) is 6.54 Å². The molecule has 0 aliphatic carbocycles. The summed E-state index contributed by atoms with van der Waals surface area (Å²) in [5.41, 5.74) is 1.11. The van der Waals surface area contributed by atoms with Crippen molar-refractivity contribution in [3.8, 4) is 0 Å². The van der Waals surface area contributed by atoms with E-state index in [1.807, 2.05) is 23.7 Å². The fourth-order valence-corrected chi connectivity index (χ4v) is 4.39. The van der Waals surface area contributed by atoms with Crippen LogP contribution in [-0.4, -0.2) is 28.7 Å². The Morgan fingerprint density at radius 1 is 1.45 bits per heavy atom. The van der Waals surface area contributed by atoms with E-state index >= 15 is 0 Å². The van der Waals surface area contributed by atoms with E-state index in [0.717, 1.165) is 22.9 Å². The van der Waals surface area contributed by atoms with Crippen LogP contribution in [0, 0.1) is 0 Å². The van der Waals surface area contributed by atoms with Crippen LogP contribution in [0.3, 0.4) is 0 Å². The molecule has 0 saturated carbocycles. The standard InChI is InChI=1S/C14H15BrN2O2S/c15-11-5-3-10(4-6-11)14(16-7-9-20-14)12-2-1-8-17(12)13(18)19/h3-7,9,12,16H,1-2,8H2,(H,18,19). The third-order valence-corrected chi connectivity index (χ3v) is 5.66. The Bertz CT molecular complexity index is 539. The molecule has 1 aromatic carbocycles. The topological polar surface area (TPSA) is 52.6 Å². The summed E-state index contributed by atoms with van der Waals surface area (Å²) in [5, 5.41) is 14.8. The largest absolute Gasteiger partial charge is 0.465 e. The molecular weight excluding hydrogens is 340 g/mol. The maximum atomic E-state index is 11.5. The maximum Gasteiger partial charge on any atom is 0.407 e. The SMILES string of the molecule is O=C(O)N1CCCC1C1(c2ccc(Br)cc2)NC=CS1. The highest BCUT2D eigenvalue weighted by Crippen LogP contribution is 2.46. The number of amides is 1. The molecule has 0 radical (unpaired) electrons. The van der Waals surface area contributed by atoms with Crippen molar-refractivity contribution in [3.63, 3.8) is 0 Å². The van der Waals surface area contributed by atoms with E-state index in [9.17, 15) is 9.90 Å². The minimum absolute atomic E-state index is 0.0545. The van der Waals surface area contributed by atoms with Crippen LogP contribution in [0.1, 0.15) is 18.4 Å². The number of likely N-dealkylation sites (tertiary alicyclic amines) is 1. The van der Waals surface area contributed by atoms with Gasteiger partial charge in [0.2, 0.25) is 0 Å². The van der Waals surface area contributed by atoms with Crippen LogP contribution in [-0.2, 0) is 4.87 Å². The molecule has 1 aromatic rings. The Labute approximate surface area is 130 Å². The van der Waals surface area contributed by atoms with Crippen LogP contribution in [0.25, 0.3) is 0 Å². The zero-order valence-corrected chi connectivity index (χ0v) is 13.2. The average molecular weight is 355 g/mol. The van der Waals surface area contributed by atoms with Gasteiger partial charge in [-0.3, -0.25) is 0 Å². The van der Waals surface area contributed by atoms with Gasteiger partial charge in [-0.15, -0.1) is 0 Å². The van der Waals surface area contributed by atoms with Gasteiger partial charge in [-0.1, -0.05) is 39.8 Å². The molecule has 2 aliphatic rings. The van der Waals surface area contributed by atoms with Crippen molar-refractivity contribution < 1.29 is 9.90 Å². The highest BCUT2D eigenvalue weighted by Gasteiger charge is 2.48. The molecule has 106 valence electrons. The predicted molar refractivity (Wildman–Crippen MR) is 83.4 cm³/mol. The monoisotopic (exact) mass is 354 g/mol. The number of nitrogens with one attached hydrogen (secondary N) is 1. The van der Waals surface area contributed by atoms with Crippen LogP contribution >= 0.6 is 27.7 Å². The summed E-state index contributed by atoms with van der Waals surface area (Å²) in [6.07, 6.45) is 2.87. The van der Waals surface area contributed by atoms with E-state index in [1.165, 1.54) is 0 Å². The summed E-state index contributed by atoms with van der Waals surface area (Å²) in [6.45, 7) is 0.612. The lowest BCUT2D eigenvalue weighted by molar-refractivity contribution is 0.127. The summed E-state index contributed by atoms with van der Waals surface area (Å²) in [6, 6.07) is 8.04. The minimum Gasteiger partial charge on any atom is -0.465 e. The third kappa shape index (κ3) is 2.20. The van der Waals surface area contributed by atoms with Gasteiger partial charge in [-0.05, 0) is 35.9 Å². The van der Waals surface area contributed by atoms with Crippen LogP contribution in [0.5, 0.6) is 0 Å². The lowest BCUT2D eigenvalue weighted by Crippen LogP contribution is -2.52. The van der Waals surface area contributed by atoms with Gasteiger partial charge in [-0.2, -0.15) is 0 Å². The molecule has 2 heterocycles. The van der Waals surface area contributed by atoms with E-state index < -0.39 is 11.0 Å². The second kappa shape index (κ2) is 5.33. The number of benzene rings is 1. The molecular formula is C14H15BrN2O2S. The number of halogens is 1. The van der Waals surface area contributed by atoms with Crippen molar-refractivity contribution in [2.45, 2.75) is 23.8 Å². The highest BCUT2D eigenvalue weighted by atomic mass is 79.9. The first kappa shape index (κ1) is 13.8. The van der Waals surface area contributed by atoms with E-state index in [1.54, 1.807) is 16.7 Å². The normalized spacial score (nSPS) is 28.6. The average Bonchev–Trinajstić information content (AvgIpc) is 3.09. The highest BCUT2D eigenvalue weighted by molar-refractivity contribution is 9.10. The van der Waals surface area contributed by atoms with Crippen LogP contribution < -0.4 is 5.32 Å². The maximum absolute atomic E-state index is 11.5. The fraction of sp³-hybridized carbons (Fsp3) is 0.357. The molecule has 1 amide bonds.